The van der Waals surface area contributed by atoms with E-state index in [0.29, 0.717) is 10.8 Å². The number of non-ortho nitro benzene ring substituents is 1. The van der Waals surface area contributed by atoms with Gasteiger partial charge in [0.05, 0.1) is 4.92 Å². The van der Waals surface area contributed by atoms with Gasteiger partial charge in [0.15, 0.2) is 0 Å². The summed E-state index contributed by atoms with van der Waals surface area (Å²) in [5.41, 5.74) is 0.0208. The lowest BCUT2D eigenvalue weighted by Gasteiger charge is -1.89. The first-order valence-corrected chi connectivity index (χ1v) is 5.11. The molecular weight excluding hydrogens is 242 g/mol. The zero-order valence-corrected chi connectivity index (χ0v) is 9.54. The van der Waals surface area contributed by atoms with E-state index in [0.717, 1.165) is 0 Å². The van der Waals surface area contributed by atoms with Gasteiger partial charge in [0.1, 0.15) is 5.75 Å². The average molecular weight is 252 g/mol. The number of benzene rings is 2. The zero-order chi connectivity index (χ0) is 12.7. The van der Waals surface area contributed by atoms with Crippen molar-refractivity contribution in [2.24, 2.45) is 0 Å². The molecular formula is C12H10ClNO3. The maximum atomic E-state index is 10.1. The number of halogens is 1. The number of nitrogens with zero attached hydrogens (tertiary/aromatic N) is 1. The topological polar surface area (TPSA) is 63.4 Å². The molecule has 0 atom stereocenters. The number of aromatic hydroxyl groups is 1. The Hall–Kier alpha value is -2.07. The highest BCUT2D eigenvalue weighted by atomic mass is 35.5. The first kappa shape index (κ1) is 13.0. The standard InChI is InChI=1S/C6H4ClNO2.C6H6O/c7-5-2-1-3-6(4-5)8(9)10;7-6-4-2-1-3-5-6/h1-4H;1-5,7H. The number of para-hydroxylation sites is 1. The normalized spacial score (nSPS) is 9.00. The summed E-state index contributed by atoms with van der Waals surface area (Å²) in [6.07, 6.45) is 0. The molecule has 0 saturated carbocycles. The van der Waals surface area contributed by atoms with Gasteiger partial charge in [-0.3, -0.25) is 10.1 Å². The molecule has 2 aromatic carbocycles. The van der Waals surface area contributed by atoms with Crippen LogP contribution in [0, 0.1) is 10.1 Å². The molecule has 0 aliphatic heterocycles. The van der Waals surface area contributed by atoms with Gasteiger partial charge < -0.3 is 5.11 Å². The molecule has 5 heteroatoms. The van der Waals surface area contributed by atoms with Crippen LogP contribution in [0.3, 0.4) is 0 Å². The van der Waals surface area contributed by atoms with Crippen LogP contribution in [0.15, 0.2) is 54.6 Å². The van der Waals surface area contributed by atoms with E-state index < -0.39 is 4.92 Å². The minimum Gasteiger partial charge on any atom is -0.508 e. The highest BCUT2D eigenvalue weighted by Crippen LogP contribution is 2.16. The van der Waals surface area contributed by atoms with Crippen LogP contribution in [-0.2, 0) is 0 Å². The molecule has 0 heterocycles. The summed E-state index contributed by atoms with van der Waals surface area (Å²) in [4.78, 5) is 9.62. The van der Waals surface area contributed by atoms with Gasteiger partial charge in [-0.1, -0.05) is 35.9 Å². The van der Waals surface area contributed by atoms with Crippen LogP contribution < -0.4 is 0 Å². The second-order valence-corrected chi connectivity index (χ2v) is 3.51. The monoisotopic (exact) mass is 251 g/mol. The number of nitro groups is 1. The number of phenols is 1. The maximum Gasteiger partial charge on any atom is 0.270 e. The summed E-state index contributed by atoms with van der Waals surface area (Å²) in [6, 6.07) is 14.5. The van der Waals surface area contributed by atoms with Gasteiger partial charge in [-0.25, -0.2) is 0 Å². The van der Waals surface area contributed by atoms with E-state index in [4.69, 9.17) is 16.7 Å². The lowest BCUT2D eigenvalue weighted by Crippen LogP contribution is -1.85. The SMILES string of the molecule is O=[N+]([O-])c1cccc(Cl)c1.Oc1ccccc1. The Balaban J connectivity index is 0.000000181. The summed E-state index contributed by atoms with van der Waals surface area (Å²) >= 11 is 5.48. The van der Waals surface area contributed by atoms with Crippen LogP contribution in [0.2, 0.25) is 5.02 Å². The third-order valence-corrected chi connectivity index (χ3v) is 2.01. The van der Waals surface area contributed by atoms with Crippen molar-refractivity contribution in [3.8, 4) is 5.75 Å². The third-order valence-electron chi connectivity index (χ3n) is 1.78. The van der Waals surface area contributed by atoms with E-state index in [1.54, 1.807) is 36.4 Å². The van der Waals surface area contributed by atoms with Gasteiger partial charge in [0, 0.05) is 17.2 Å². The second-order valence-electron chi connectivity index (χ2n) is 3.07. The lowest BCUT2D eigenvalue weighted by molar-refractivity contribution is -0.384. The summed E-state index contributed by atoms with van der Waals surface area (Å²) in [7, 11) is 0. The summed E-state index contributed by atoms with van der Waals surface area (Å²) < 4.78 is 0. The van der Waals surface area contributed by atoms with Crippen molar-refractivity contribution >= 4 is 17.3 Å². The fourth-order valence-electron chi connectivity index (χ4n) is 1.02. The van der Waals surface area contributed by atoms with Crippen molar-refractivity contribution in [2.75, 3.05) is 0 Å². The Morgan fingerprint density at radius 1 is 1.06 bits per heavy atom. The summed E-state index contributed by atoms with van der Waals surface area (Å²) in [6.45, 7) is 0. The highest BCUT2D eigenvalue weighted by molar-refractivity contribution is 6.30. The molecule has 0 fully saturated rings. The number of hydrogen-bond acceptors (Lipinski definition) is 3. The van der Waals surface area contributed by atoms with Crippen LogP contribution in [0.5, 0.6) is 5.75 Å². The Morgan fingerprint density at radius 2 is 1.71 bits per heavy atom. The van der Waals surface area contributed by atoms with Crippen LogP contribution in [0.1, 0.15) is 0 Å². The first-order valence-electron chi connectivity index (χ1n) is 4.73. The van der Waals surface area contributed by atoms with Gasteiger partial charge >= 0.3 is 0 Å². The molecule has 88 valence electrons. The predicted octanol–water partition coefficient (Wildman–Crippen LogP) is 3.64. The number of nitro benzene ring substituents is 1. The quantitative estimate of drug-likeness (QED) is 0.622. The van der Waals surface area contributed by atoms with E-state index in [1.165, 1.54) is 12.1 Å². The van der Waals surface area contributed by atoms with Crippen molar-refractivity contribution in [3.63, 3.8) is 0 Å². The van der Waals surface area contributed by atoms with E-state index in [9.17, 15) is 10.1 Å². The molecule has 0 aromatic heterocycles. The van der Waals surface area contributed by atoms with Crippen LogP contribution in [-0.4, -0.2) is 10.0 Å². The molecule has 0 bridgehead atoms. The summed E-state index contributed by atoms with van der Waals surface area (Å²) in [5, 5.41) is 19.1. The predicted molar refractivity (Wildman–Crippen MR) is 66.2 cm³/mol. The Bertz CT molecular complexity index is 488. The fourth-order valence-corrected chi connectivity index (χ4v) is 1.20. The van der Waals surface area contributed by atoms with Crippen molar-refractivity contribution in [1.82, 2.24) is 0 Å². The molecule has 1 N–H and O–H groups in total. The number of rotatable bonds is 1. The van der Waals surface area contributed by atoms with Crippen LogP contribution in [0.25, 0.3) is 0 Å². The molecule has 0 aliphatic rings. The minimum absolute atomic E-state index is 0.0208. The Morgan fingerprint density at radius 3 is 2.06 bits per heavy atom. The van der Waals surface area contributed by atoms with Gasteiger partial charge in [-0.2, -0.15) is 0 Å². The van der Waals surface area contributed by atoms with Gasteiger partial charge in [0.2, 0.25) is 0 Å². The first-order chi connectivity index (χ1) is 8.09. The average Bonchev–Trinajstić information content (AvgIpc) is 2.31. The van der Waals surface area contributed by atoms with Crippen LogP contribution in [0.4, 0.5) is 5.69 Å². The minimum atomic E-state index is -0.480. The van der Waals surface area contributed by atoms with E-state index in [2.05, 4.69) is 0 Å². The van der Waals surface area contributed by atoms with E-state index >= 15 is 0 Å². The van der Waals surface area contributed by atoms with Crippen LogP contribution >= 0.6 is 11.6 Å². The van der Waals surface area contributed by atoms with Crippen molar-refractivity contribution in [1.29, 1.82) is 0 Å². The molecule has 0 radical (unpaired) electrons. The molecule has 4 nitrogen and oxygen atoms in total. The molecule has 17 heavy (non-hydrogen) atoms. The zero-order valence-electron chi connectivity index (χ0n) is 8.79. The Labute approximate surface area is 103 Å². The smallest absolute Gasteiger partial charge is 0.270 e. The molecule has 0 unspecified atom stereocenters. The summed E-state index contributed by atoms with van der Waals surface area (Å²) in [5.74, 6) is 0.322. The largest absolute Gasteiger partial charge is 0.508 e. The van der Waals surface area contributed by atoms with E-state index in [-0.39, 0.29) is 5.69 Å². The van der Waals surface area contributed by atoms with Gasteiger partial charge in [0.25, 0.3) is 5.69 Å². The van der Waals surface area contributed by atoms with Crippen molar-refractivity contribution in [3.05, 3.63) is 69.7 Å². The molecule has 0 spiro atoms. The Kier molecular flexibility index (Phi) is 4.97. The number of hydrogen-bond donors (Lipinski definition) is 1. The van der Waals surface area contributed by atoms with Gasteiger partial charge in [-0.05, 0) is 18.2 Å². The highest BCUT2D eigenvalue weighted by Gasteiger charge is 2.02. The number of phenolic OH excluding ortho intramolecular Hbond substituents is 1. The van der Waals surface area contributed by atoms with Crippen molar-refractivity contribution < 1.29 is 10.0 Å². The van der Waals surface area contributed by atoms with E-state index in [1.807, 2.05) is 6.07 Å². The molecule has 2 rings (SSSR count). The molecule has 0 saturated heterocycles. The molecule has 0 amide bonds. The third kappa shape index (κ3) is 4.99. The second kappa shape index (κ2) is 6.50. The maximum absolute atomic E-state index is 10.1. The lowest BCUT2D eigenvalue weighted by atomic mass is 10.3. The van der Waals surface area contributed by atoms with Crippen molar-refractivity contribution in [2.45, 2.75) is 0 Å². The van der Waals surface area contributed by atoms with Gasteiger partial charge in [-0.15, -0.1) is 0 Å². The fraction of sp³-hybridized carbons (Fsp3) is 0. The molecule has 0 aliphatic carbocycles. The molecule has 2 aromatic rings.